The summed E-state index contributed by atoms with van der Waals surface area (Å²) in [5, 5.41) is 0. The van der Waals surface area contributed by atoms with E-state index in [1.165, 1.54) is 11.1 Å². The number of esters is 1. The maximum Gasteiger partial charge on any atom is 0.316 e. The number of hydrogen-bond acceptors (Lipinski definition) is 3. The van der Waals surface area contributed by atoms with E-state index in [1.54, 1.807) is 7.11 Å². The quantitative estimate of drug-likeness (QED) is 0.581. The molecule has 1 aliphatic rings. The normalized spacial score (nSPS) is 29.9. The maximum absolute atomic E-state index is 11.9. The number of carbonyl (C=O) groups is 1. The molecule has 0 spiro atoms. The van der Waals surface area contributed by atoms with Crippen LogP contribution in [0.25, 0.3) is 0 Å². The average Bonchev–Trinajstić information content (AvgIpc) is 2.59. The lowest BCUT2D eigenvalue weighted by atomic mass is 9.80. The molecule has 3 nitrogen and oxygen atoms in total. The van der Waals surface area contributed by atoms with Crippen molar-refractivity contribution in [3.8, 4) is 0 Å². The Morgan fingerprint density at radius 3 is 2.75 bits per heavy atom. The van der Waals surface area contributed by atoms with E-state index in [4.69, 9.17) is 9.47 Å². The zero-order chi connectivity index (χ0) is 15.3. The third kappa shape index (κ3) is 3.60. The monoisotopic (exact) mass is 278 g/mol. The van der Waals surface area contributed by atoms with Crippen LogP contribution < -0.4 is 0 Å². The minimum Gasteiger partial charge on any atom is -0.464 e. The van der Waals surface area contributed by atoms with E-state index in [9.17, 15) is 4.79 Å². The highest BCUT2D eigenvalue weighted by molar-refractivity contribution is 5.77. The summed E-state index contributed by atoms with van der Waals surface area (Å²) in [5.41, 5.74) is 2.10. The molecule has 3 unspecified atom stereocenters. The topological polar surface area (TPSA) is 35.5 Å². The van der Waals surface area contributed by atoms with Crippen molar-refractivity contribution in [2.45, 2.75) is 40.7 Å². The highest BCUT2D eigenvalue weighted by Gasteiger charge is 2.31. The van der Waals surface area contributed by atoms with E-state index < -0.39 is 0 Å². The van der Waals surface area contributed by atoms with Crippen molar-refractivity contribution < 1.29 is 14.3 Å². The van der Waals surface area contributed by atoms with Crippen molar-refractivity contribution in [2.75, 3.05) is 13.7 Å². The van der Waals surface area contributed by atoms with Crippen LogP contribution in [-0.2, 0) is 14.3 Å². The number of cyclic esters (lactones) is 1. The maximum atomic E-state index is 11.9. The van der Waals surface area contributed by atoms with Gasteiger partial charge in [0.15, 0.2) is 0 Å². The lowest BCUT2D eigenvalue weighted by Gasteiger charge is -2.29. The molecule has 112 valence electrons. The number of methoxy groups -OCH3 is 1. The van der Waals surface area contributed by atoms with Crippen molar-refractivity contribution in [2.24, 2.45) is 11.3 Å². The molecule has 0 amide bonds. The zero-order valence-corrected chi connectivity index (χ0v) is 13.4. The predicted octanol–water partition coefficient (Wildman–Crippen LogP) is 3.67. The molecule has 0 aromatic carbocycles. The van der Waals surface area contributed by atoms with Crippen LogP contribution in [-0.4, -0.2) is 25.8 Å². The molecule has 3 heteroatoms. The third-order valence-corrected chi connectivity index (χ3v) is 4.27. The molecule has 0 saturated heterocycles. The molecule has 1 aliphatic heterocycles. The van der Waals surface area contributed by atoms with E-state index in [2.05, 4.69) is 26.8 Å². The van der Waals surface area contributed by atoms with Gasteiger partial charge in [-0.2, -0.15) is 0 Å². The predicted molar refractivity (Wildman–Crippen MR) is 81.4 cm³/mol. The number of rotatable bonds is 4. The van der Waals surface area contributed by atoms with Crippen LogP contribution in [0.5, 0.6) is 0 Å². The Morgan fingerprint density at radius 2 is 2.20 bits per heavy atom. The fourth-order valence-electron chi connectivity index (χ4n) is 2.28. The van der Waals surface area contributed by atoms with Gasteiger partial charge in [-0.3, -0.25) is 4.79 Å². The molecule has 0 aliphatic carbocycles. The zero-order valence-electron chi connectivity index (χ0n) is 13.4. The Labute approximate surface area is 122 Å². The number of carbonyl (C=O) groups excluding carboxylic acids is 1. The van der Waals surface area contributed by atoms with Gasteiger partial charge in [0.1, 0.15) is 6.61 Å². The lowest BCUT2D eigenvalue weighted by molar-refractivity contribution is -0.146. The minimum atomic E-state index is -0.283. The molecule has 3 atom stereocenters. The van der Waals surface area contributed by atoms with Crippen molar-refractivity contribution in [1.82, 2.24) is 0 Å². The highest BCUT2D eigenvalue weighted by Crippen LogP contribution is 2.35. The molecule has 1 heterocycles. The van der Waals surface area contributed by atoms with Crippen LogP contribution in [0.15, 0.2) is 35.5 Å². The molecule has 0 aromatic heterocycles. The van der Waals surface area contributed by atoms with Gasteiger partial charge in [0, 0.05) is 12.5 Å². The summed E-state index contributed by atoms with van der Waals surface area (Å²) in [6.45, 7) is 10.5. The fraction of sp³-hybridized carbons (Fsp3) is 0.588. The van der Waals surface area contributed by atoms with E-state index >= 15 is 0 Å². The third-order valence-electron chi connectivity index (χ3n) is 4.27. The van der Waals surface area contributed by atoms with E-state index in [0.29, 0.717) is 6.61 Å². The van der Waals surface area contributed by atoms with Gasteiger partial charge in [-0.1, -0.05) is 29.9 Å². The highest BCUT2D eigenvalue weighted by atomic mass is 16.5. The summed E-state index contributed by atoms with van der Waals surface area (Å²) < 4.78 is 10.8. The number of allylic oxidation sites excluding steroid dienone is 1. The number of hydrogen-bond donors (Lipinski definition) is 0. The second-order valence-corrected chi connectivity index (χ2v) is 5.62. The standard InChI is InChI=1S/C17H26O3/c1-7-8-15-9-10-17(5,11-20-16(15)18)13(3)12(2)14(4)19-6/h7-10,14-15H,11H2,1-6H3/b8-7-,13-12+. The van der Waals surface area contributed by atoms with Crippen LogP contribution in [0, 0.1) is 11.3 Å². The fourth-order valence-corrected chi connectivity index (χ4v) is 2.28. The molecule has 1 rings (SSSR count). The van der Waals surface area contributed by atoms with Crippen LogP contribution in [0.3, 0.4) is 0 Å². The smallest absolute Gasteiger partial charge is 0.316 e. The summed E-state index contributed by atoms with van der Waals surface area (Å²) in [7, 11) is 1.70. The summed E-state index contributed by atoms with van der Waals surface area (Å²) in [5.74, 6) is -0.469. The molecule has 0 aromatic rings. The van der Waals surface area contributed by atoms with Gasteiger partial charge in [-0.05, 0) is 40.2 Å². The Morgan fingerprint density at radius 1 is 1.55 bits per heavy atom. The molecule has 0 N–H and O–H groups in total. The second-order valence-electron chi connectivity index (χ2n) is 5.62. The average molecular weight is 278 g/mol. The Hall–Kier alpha value is -1.35. The number of ether oxygens (including phenoxy) is 2. The van der Waals surface area contributed by atoms with E-state index in [0.717, 1.165) is 0 Å². The first-order valence-corrected chi connectivity index (χ1v) is 7.05. The van der Waals surface area contributed by atoms with Crippen LogP contribution in [0.2, 0.25) is 0 Å². The van der Waals surface area contributed by atoms with Crippen LogP contribution in [0.4, 0.5) is 0 Å². The summed E-state index contributed by atoms with van der Waals surface area (Å²) in [4.78, 5) is 11.9. The van der Waals surface area contributed by atoms with Gasteiger partial charge in [-0.25, -0.2) is 0 Å². The minimum absolute atomic E-state index is 0.0607. The van der Waals surface area contributed by atoms with Crippen molar-refractivity contribution >= 4 is 5.97 Å². The molecular weight excluding hydrogens is 252 g/mol. The Bertz CT molecular complexity index is 445. The summed E-state index contributed by atoms with van der Waals surface area (Å²) in [6, 6.07) is 0. The van der Waals surface area contributed by atoms with Crippen molar-refractivity contribution in [3.05, 3.63) is 35.5 Å². The molecule has 20 heavy (non-hydrogen) atoms. The SMILES string of the molecule is C/C=C\C1C=CC(C)(/C(C)=C(\C)C(C)OC)COC1=O. The van der Waals surface area contributed by atoms with Crippen molar-refractivity contribution in [1.29, 1.82) is 0 Å². The lowest BCUT2D eigenvalue weighted by Crippen LogP contribution is -2.26. The van der Waals surface area contributed by atoms with Crippen LogP contribution in [0.1, 0.15) is 34.6 Å². The Kier molecular flexibility index (Phi) is 5.75. The van der Waals surface area contributed by atoms with Crippen molar-refractivity contribution in [3.63, 3.8) is 0 Å². The summed E-state index contributed by atoms with van der Waals surface area (Å²) >= 11 is 0. The first-order valence-electron chi connectivity index (χ1n) is 7.05. The van der Waals surface area contributed by atoms with Gasteiger partial charge in [0.05, 0.1) is 12.0 Å². The van der Waals surface area contributed by atoms with Crippen LogP contribution >= 0.6 is 0 Å². The molecule has 0 saturated carbocycles. The van der Waals surface area contributed by atoms with Gasteiger partial charge in [-0.15, -0.1) is 0 Å². The van der Waals surface area contributed by atoms with Gasteiger partial charge < -0.3 is 9.47 Å². The molecular formula is C17H26O3. The largest absolute Gasteiger partial charge is 0.464 e. The molecule has 0 bridgehead atoms. The second kappa shape index (κ2) is 6.89. The first-order chi connectivity index (χ1) is 9.35. The van der Waals surface area contributed by atoms with E-state index in [1.807, 2.05) is 32.1 Å². The molecule has 0 fully saturated rings. The molecule has 0 radical (unpaired) electrons. The van der Waals surface area contributed by atoms with E-state index in [-0.39, 0.29) is 23.4 Å². The Balaban J connectivity index is 3.11. The first kappa shape index (κ1) is 16.7. The van der Waals surface area contributed by atoms with Gasteiger partial charge in [0.25, 0.3) is 0 Å². The van der Waals surface area contributed by atoms with Gasteiger partial charge >= 0.3 is 5.97 Å². The van der Waals surface area contributed by atoms with Gasteiger partial charge in [0.2, 0.25) is 0 Å². The summed E-state index contributed by atoms with van der Waals surface area (Å²) in [6.07, 6.45) is 7.81.